The van der Waals surface area contributed by atoms with Gasteiger partial charge in [0, 0.05) is 26.1 Å². The second kappa shape index (κ2) is 8.10. The van der Waals surface area contributed by atoms with E-state index in [4.69, 9.17) is 9.84 Å². The van der Waals surface area contributed by atoms with Gasteiger partial charge in [-0.3, -0.25) is 4.79 Å². The lowest BCUT2D eigenvalue weighted by Gasteiger charge is -2.18. The summed E-state index contributed by atoms with van der Waals surface area (Å²) in [5.41, 5.74) is 0. The highest BCUT2D eigenvalue weighted by Crippen LogP contribution is 2.00. The van der Waals surface area contributed by atoms with Gasteiger partial charge in [-0.25, -0.2) is 4.79 Å². The molecular formula is C11H21NO4. The van der Waals surface area contributed by atoms with Crippen molar-refractivity contribution >= 4 is 11.9 Å². The van der Waals surface area contributed by atoms with Gasteiger partial charge in [-0.1, -0.05) is 0 Å². The maximum absolute atomic E-state index is 11.5. The van der Waals surface area contributed by atoms with Crippen LogP contribution >= 0.6 is 0 Å². The highest BCUT2D eigenvalue weighted by molar-refractivity contribution is 5.76. The molecule has 0 aromatic rings. The molecule has 0 aliphatic heterocycles. The minimum absolute atomic E-state index is 0.0941. The van der Waals surface area contributed by atoms with Crippen molar-refractivity contribution in [2.45, 2.75) is 39.7 Å². The van der Waals surface area contributed by atoms with Crippen LogP contribution in [0.25, 0.3) is 0 Å². The van der Waals surface area contributed by atoms with E-state index >= 15 is 0 Å². The van der Waals surface area contributed by atoms with Gasteiger partial charge in [0.05, 0.1) is 0 Å². The number of nitrogens with zero attached hydrogens (tertiary/aromatic N) is 1. The molecule has 0 saturated heterocycles. The third kappa shape index (κ3) is 5.70. The largest absolute Gasteiger partial charge is 0.479 e. The summed E-state index contributed by atoms with van der Waals surface area (Å²) in [6.45, 7) is 7.08. The van der Waals surface area contributed by atoms with Crippen molar-refractivity contribution in [2.75, 3.05) is 19.7 Å². The summed E-state index contributed by atoms with van der Waals surface area (Å²) in [7, 11) is 0. The molecule has 16 heavy (non-hydrogen) atoms. The van der Waals surface area contributed by atoms with Crippen LogP contribution in [0.15, 0.2) is 0 Å². The Morgan fingerprint density at radius 1 is 1.31 bits per heavy atom. The quantitative estimate of drug-likeness (QED) is 0.636. The van der Waals surface area contributed by atoms with Crippen LogP contribution in [0, 0.1) is 0 Å². The topological polar surface area (TPSA) is 66.8 Å². The second-order valence-corrected chi connectivity index (χ2v) is 3.52. The van der Waals surface area contributed by atoms with Gasteiger partial charge in [-0.15, -0.1) is 0 Å². The average molecular weight is 231 g/mol. The fraction of sp³-hybridized carbons (Fsp3) is 0.818. The molecule has 5 heteroatoms. The zero-order valence-corrected chi connectivity index (χ0v) is 10.2. The molecule has 0 aromatic heterocycles. The Hall–Kier alpha value is -1.10. The van der Waals surface area contributed by atoms with E-state index in [1.807, 2.05) is 13.8 Å². The average Bonchev–Trinajstić information content (AvgIpc) is 2.25. The summed E-state index contributed by atoms with van der Waals surface area (Å²) < 4.78 is 5.03. The van der Waals surface area contributed by atoms with E-state index in [0.717, 1.165) is 0 Å². The standard InChI is InChI=1S/C11H21NO4/c1-4-12(5-2)10(13)7-6-8-16-9(3)11(14)15/h9H,4-8H2,1-3H3,(H,14,15)/t9-/m1/s1. The van der Waals surface area contributed by atoms with Crippen LogP contribution in [0.1, 0.15) is 33.6 Å². The van der Waals surface area contributed by atoms with Crippen LogP contribution in [0.4, 0.5) is 0 Å². The molecule has 0 aliphatic carbocycles. The lowest BCUT2D eigenvalue weighted by molar-refractivity contribution is -0.149. The maximum Gasteiger partial charge on any atom is 0.332 e. The molecule has 0 heterocycles. The number of hydrogen-bond acceptors (Lipinski definition) is 3. The van der Waals surface area contributed by atoms with Crippen molar-refractivity contribution in [1.82, 2.24) is 4.90 Å². The molecule has 0 bridgehead atoms. The van der Waals surface area contributed by atoms with Crippen LogP contribution in [0.2, 0.25) is 0 Å². The zero-order valence-electron chi connectivity index (χ0n) is 10.2. The van der Waals surface area contributed by atoms with Crippen molar-refractivity contribution < 1.29 is 19.4 Å². The van der Waals surface area contributed by atoms with Gasteiger partial charge >= 0.3 is 5.97 Å². The predicted molar refractivity (Wildman–Crippen MR) is 60.2 cm³/mol. The Morgan fingerprint density at radius 2 is 1.88 bits per heavy atom. The highest BCUT2D eigenvalue weighted by atomic mass is 16.5. The van der Waals surface area contributed by atoms with Crippen molar-refractivity contribution in [3.8, 4) is 0 Å². The number of hydrogen-bond donors (Lipinski definition) is 1. The summed E-state index contributed by atoms with van der Waals surface area (Å²) in [6, 6.07) is 0. The first-order chi connectivity index (χ1) is 7.52. The van der Waals surface area contributed by atoms with Crippen molar-refractivity contribution in [3.63, 3.8) is 0 Å². The van der Waals surface area contributed by atoms with Crippen LogP contribution < -0.4 is 0 Å². The van der Waals surface area contributed by atoms with E-state index in [2.05, 4.69) is 0 Å². The summed E-state index contributed by atoms with van der Waals surface area (Å²) in [4.78, 5) is 23.7. The summed E-state index contributed by atoms with van der Waals surface area (Å²) >= 11 is 0. The molecule has 1 amide bonds. The van der Waals surface area contributed by atoms with Gasteiger partial charge in [0.15, 0.2) is 6.10 Å². The predicted octanol–water partition coefficient (Wildman–Crippen LogP) is 1.12. The van der Waals surface area contributed by atoms with Gasteiger partial charge in [0.2, 0.25) is 5.91 Å². The number of carbonyl (C=O) groups is 2. The molecule has 0 rings (SSSR count). The lowest BCUT2D eigenvalue weighted by atomic mass is 10.3. The molecule has 94 valence electrons. The van der Waals surface area contributed by atoms with Gasteiger partial charge in [-0.2, -0.15) is 0 Å². The van der Waals surface area contributed by atoms with Gasteiger partial charge < -0.3 is 14.7 Å². The number of carbonyl (C=O) groups excluding carboxylic acids is 1. The van der Waals surface area contributed by atoms with Gasteiger partial charge in [-0.05, 0) is 27.2 Å². The van der Waals surface area contributed by atoms with Crippen LogP contribution in [0.5, 0.6) is 0 Å². The first-order valence-corrected chi connectivity index (χ1v) is 5.65. The zero-order chi connectivity index (χ0) is 12.6. The molecule has 0 fully saturated rings. The number of carboxylic acid groups (broad SMARTS) is 1. The Balaban J connectivity index is 3.66. The third-order valence-corrected chi connectivity index (χ3v) is 2.37. The van der Waals surface area contributed by atoms with E-state index in [1.165, 1.54) is 6.92 Å². The fourth-order valence-corrected chi connectivity index (χ4v) is 1.29. The minimum Gasteiger partial charge on any atom is -0.479 e. The molecule has 1 N–H and O–H groups in total. The molecule has 0 aromatic carbocycles. The van der Waals surface area contributed by atoms with Crippen LogP contribution in [-0.2, 0) is 14.3 Å². The summed E-state index contributed by atoms with van der Waals surface area (Å²) in [5, 5.41) is 8.55. The summed E-state index contributed by atoms with van der Waals surface area (Å²) in [6.07, 6.45) is 0.171. The van der Waals surface area contributed by atoms with E-state index < -0.39 is 12.1 Å². The number of carboxylic acids is 1. The fourth-order valence-electron chi connectivity index (χ4n) is 1.29. The first kappa shape index (κ1) is 14.9. The smallest absolute Gasteiger partial charge is 0.332 e. The Labute approximate surface area is 96.4 Å². The Bertz CT molecular complexity index is 226. The normalized spacial score (nSPS) is 12.2. The number of ether oxygens (including phenoxy) is 1. The number of rotatable bonds is 8. The Kier molecular flexibility index (Phi) is 7.54. The van der Waals surface area contributed by atoms with E-state index in [1.54, 1.807) is 4.90 Å². The van der Waals surface area contributed by atoms with Gasteiger partial charge in [0.1, 0.15) is 0 Å². The van der Waals surface area contributed by atoms with Crippen LogP contribution in [-0.4, -0.2) is 47.7 Å². The first-order valence-electron chi connectivity index (χ1n) is 5.65. The highest BCUT2D eigenvalue weighted by Gasteiger charge is 2.12. The minimum atomic E-state index is -0.977. The SMILES string of the molecule is CCN(CC)C(=O)CCCO[C@H](C)C(=O)O. The van der Waals surface area contributed by atoms with Crippen molar-refractivity contribution in [1.29, 1.82) is 0 Å². The van der Waals surface area contributed by atoms with Crippen molar-refractivity contribution in [3.05, 3.63) is 0 Å². The van der Waals surface area contributed by atoms with Crippen LogP contribution in [0.3, 0.4) is 0 Å². The maximum atomic E-state index is 11.5. The molecule has 0 radical (unpaired) electrons. The Morgan fingerprint density at radius 3 is 2.31 bits per heavy atom. The van der Waals surface area contributed by atoms with Crippen molar-refractivity contribution in [2.24, 2.45) is 0 Å². The second-order valence-electron chi connectivity index (χ2n) is 3.52. The molecule has 0 spiro atoms. The molecule has 0 aliphatic rings. The number of aliphatic carboxylic acids is 1. The monoisotopic (exact) mass is 231 g/mol. The molecular weight excluding hydrogens is 210 g/mol. The van der Waals surface area contributed by atoms with Gasteiger partial charge in [0.25, 0.3) is 0 Å². The van der Waals surface area contributed by atoms with E-state index in [-0.39, 0.29) is 5.91 Å². The molecule has 5 nitrogen and oxygen atoms in total. The summed E-state index contributed by atoms with van der Waals surface area (Å²) in [5.74, 6) is -0.883. The molecule has 0 saturated carbocycles. The number of amides is 1. The molecule has 0 unspecified atom stereocenters. The lowest BCUT2D eigenvalue weighted by Crippen LogP contribution is -2.30. The molecule has 1 atom stereocenters. The van der Waals surface area contributed by atoms with E-state index in [9.17, 15) is 9.59 Å². The third-order valence-electron chi connectivity index (χ3n) is 2.37. The van der Waals surface area contributed by atoms with E-state index in [0.29, 0.717) is 32.5 Å².